The fourth-order valence-corrected chi connectivity index (χ4v) is 8.29. The van der Waals surface area contributed by atoms with Gasteiger partial charge in [-0.3, -0.25) is 9.36 Å². The molecular weight excluding hydrogens is 581 g/mol. The second-order valence-corrected chi connectivity index (χ2v) is 12.4. The van der Waals surface area contributed by atoms with Gasteiger partial charge in [0.05, 0.1) is 10.5 Å². The van der Waals surface area contributed by atoms with Crippen LogP contribution in [-0.4, -0.2) is 4.57 Å². The lowest BCUT2D eigenvalue weighted by Crippen LogP contribution is -2.39. The Balaban J connectivity index is 1.66. The Morgan fingerprint density at radius 1 is 1.02 bits per heavy atom. The molecule has 1 unspecified atom stereocenters. The fourth-order valence-electron chi connectivity index (χ4n) is 5.49. The standard InChI is InChI=1S/C33H33F4N2OS2/c1-4-21-14-16-23-17-15-22(5-2)30(42-29(23)28(21)34)31-32(40)39(6-3)27(41-31)19-25-12-9-10-18-38(25)20-24-11-7-8-13-26(24)33(35,36)37/h7-14,16,18-19,22H,4-6,15,17,20H2,1-3H3/q+1. The van der Waals surface area contributed by atoms with E-state index in [9.17, 15) is 18.0 Å². The molecule has 1 atom stereocenters. The number of pyridine rings is 1. The lowest BCUT2D eigenvalue weighted by Gasteiger charge is -2.14. The molecule has 9 heteroatoms. The molecule has 2 aromatic carbocycles. The van der Waals surface area contributed by atoms with Crippen molar-refractivity contribution < 1.29 is 22.1 Å². The van der Waals surface area contributed by atoms with Gasteiger partial charge < -0.3 is 0 Å². The molecule has 0 bridgehead atoms. The van der Waals surface area contributed by atoms with Gasteiger partial charge in [-0.2, -0.15) is 17.7 Å². The Morgan fingerprint density at radius 2 is 1.79 bits per heavy atom. The monoisotopic (exact) mass is 613 g/mol. The van der Waals surface area contributed by atoms with E-state index < -0.39 is 11.7 Å². The minimum Gasteiger partial charge on any atom is -0.299 e. The highest BCUT2D eigenvalue weighted by Crippen LogP contribution is 2.43. The van der Waals surface area contributed by atoms with E-state index in [0.29, 0.717) is 38.3 Å². The van der Waals surface area contributed by atoms with Gasteiger partial charge >= 0.3 is 6.18 Å². The Morgan fingerprint density at radius 3 is 2.50 bits per heavy atom. The average molecular weight is 614 g/mol. The van der Waals surface area contributed by atoms with Crippen LogP contribution >= 0.6 is 23.1 Å². The minimum absolute atomic E-state index is 0.0257. The smallest absolute Gasteiger partial charge is 0.299 e. The first-order valence-electron chi connectivity index (χ1n) is 14.2. The number of fused-ring (bicyclic) bond motifs is 1. The topological polar surface area (TPSA) is 25.9 Å². The molecule has 0 fully saturated rings. The summed E-state index contributed by atoms with van der Waals surface area (Å²) in [5.74, 6) is -0.0743. The molecule has 4 aromatic rings. The van der Waals surface area contributed by atoms with Crippen molar-refractivity contribution in [3.63, 3.8) is 0 Å². The first kappa shape index (κ1) is 30.3. The first-order chi connectivity index (χ1) is 20.2. The lowest BCUT2D eigenvalue weighted by molar-refractivity contribution is -0.690. The molecule has 1 aliphatic rings. The summed E-state index contributed by atoms with van der Waals surface area (Å²) in [5.41, 5.74) is 1.71. The highest BCUT2D eigenvalue weighted by atomic mass is 32.2. The van der Waals surface area contributed by atoms with Crippen LogP contribution in [0.15, 0.2) is 70.5 Å². The van der Waals surface area contributed by atoms with Gasteiger partial charge in [0, 0.05) is 35.2 Å². The number of thioether (sulfide) groups is 1. The lowest BCUT2D eigenvalue weighted by atomic mass is 9.96. The normalized spacial score (nSPS) is 17.3. The quantitative estimate of drug-likeness (QED) is 0.179. The summed E-state index contributed by atoms with van der Waals surface area (Å²) >= 11 is 2.77. The maximum Gasteiger partial charge on any atom is 0.416 e. The number of nitrogens with zero attached hydrogens (tertiary/aromatic N) is 2. The molecule has 2 aromatic heterocycles. The van der Waals surface area contributed by atoms with Crippen molar-refractivity contribution in [1.29, 1.82) is 0 Å². The van der Waals surface area contributed by atoms with E-state index in [1.54, 1.807) is 27.5 Å². The van der Waals surface area contributed by atoms with Crippen molar-refractivity contribution in [2.45, 2.75) is 70.6 Å². The van der Waals surface area contributed by atoms with Crippen molar-refractivity contribution >= 4 is 34.1 Å². The molecule has 220 valence electrons. The van der Waals surface area contributed by atoms with E-state index in [0.717, 1.165) is 35.8 Å². The summed E-state index contributed by atoms with van der Waals surface area (Å²) in [4.78, 5) is 15.3. The zero-order valence-corrected chi connectivity index (χ0v) is 25.4. The number of hydrogen-bond acceptors (Lipinski definition) is 3. The van der Waals surface area contributed by atoms with E-state index >= 15 is 4.39 Å². The number of benzene rings is 2. The molecule has 0 radical (unpaired) electrons. The molecule has 0 saturated heterocycles. The molecule has 0 amide bonds. The second-order valence-electron chi connectivity index (χ2n) is 10.4. The zero-order chi connectivity index (χ0) is 30.0. The van der Waals surface area contributed by atoms with Gasteiger partial charge in [-0.1, -0.05) is 55.9 Å². The highest BCUT2D eigenvalue weighted by molar-refractivity contribution is 8.08. The molecule has 5 rings (SSSR count). The van der Waals surface area contributed by atoms with Crippen LogP contribution in [0, 0.1) is 11.7 Å². The van der Waals surface area contributed by atoms with Crippen LogP contribution in [0.5, 0.6) is 0 Å². The van der Waals surface area contributed by atoms with Crippen LogP contribution in [0.3, 0.4) is 0 Å². The predicted molar refractivity (Wildman–Crippen MR) is 161 cm³/mol. The maximum absolute atomic E-state index is 15.5. The molecule has 1 aliphatic heterocycles. The van der Waals surface area contributed by atoms with E-state index in [1.165, 1.54) is 35.2 Å². The van der Waals surface area contributed by atoms with Crippen LogP contribution in [-0.2, 0) is 32.1 Å². The molecule has 0 saturated carbocycles. The summed E-state index contributed by atoms with van der Waals surface area (Å²) in [5, 5.41) is 0. The van der Waals surface area contributed by atoms with Gasteiger partial charge in [0.25, 0.3) is 5.56 Å². The summed E-state index contributed by atoms with van der Waals surface area (Å²) in [6.07, 6.45) is 2.16. The SMILES string of the molecule is CCc1ccc2c(c1F)SC(=c1sc(=Cc3cccc[n+]3Cc3ccccc3C(F)(F)F)n(CC)c1=O)C(CC)CC2. The number of aromatic nitrogens is 2. The second kappa shape index (κ2) is 12.6. The summed E-state index contributed by atoms with van der Waals surface area (Å²) < 4.78 is 61.4. The third-order valence-electron chi connectivity index (χ3n) is 7.84. The number of hydrogen-bond donors (Lipinski definition) is 0. The molecule has 0 spiro atoms. The van der Waals surface area contributed by atoms with Crippen LogP contribution in [0.4, 0.5) is 17.6 Å². The summed E-state index contributed by atoms with van der Waals surface area (Å²) in [6, 6.07) is 14.9. The van der Waals surface area contributed by atoms with Gasteiger partial charge in [-0.05, 0) is 61.8 Å². The van der Waals surface area contributed by atoms with Crippen molar-refractivity contribution in [2.75, 3.05) is 0 Å². The molecule has 0 aliphatic carbocycles. The Bertz CT molecular complexity index is 1790. The number of rotatable bonds is 6. The number of thiazole rings is 1. The van der Waals surface area contributed by atoms with Crippen LogP contribution < -0.4 is 19.3 Å². The van der Waals surface area contributed by atoms with Crippen LogP contribution in [0.1, 0.15) is 61.6 Å². The van der Waals surface area contributed by atoms with Gasteiger partial charge in [0.1, 0.15) is 15.0 Å². The molecule has 0 N–H and O–H groups in total. The van der Waals surface area contributed by atoms with Gasteiger partial charge in [0.2, 0.25) is 5.69 Å². The largest absolute Gasteiger partial charge is 0.416 e. The van der Waals surface area contributed by atoms with Crippen LogP contribution in [0.2, 0.25) is 0 Å². The van der Waals surface area contributed by atoms with Gasteiger partial charge in [0.15, 0.2) is 12.7 Å². The van der Waals surface area contributed by atoms with E-state index in [1.807, 2.05) is 44.2 Å². The number of halogens is 4. The van der Waals surface area contributed by atoms with E-state index in [4.69, 9.17) is 0 Å². The van der Waals surface area contributed by atoms with Gasteiger partial charge in [-0.25, -0.2) is 4.39 Å². The zero-order valence-electron chi connectivity index (χ0n) is 23.8. The van der Waals surface area contributed by atoms with Crippen molar-refractivity contribution in [1.82, 2.24) is 4.57 Å². The Labute approximate surface area is 250 Å². The fraction of sp³-hybridized carbons (Fsp3) is 0.333. The molecule has 3 heterocycles. The maximum atomic E-state index is 15.5. The first-order valence-corrected chi connectivity index (χ1v) is 15.9. The summed E-state index contributed by atoms with van der Waals surface area (Å²) in [6.45, 7) is 6.39. The van der Waals surface area contributed by atoms with Crippen molar-refractivity contribution in [3.05, 3.63) is 114 Å². The minimum atomic E-state index is -4.46. The predicted octanol–water partition coefficient (Wildman–Crippen LogP) is 6.69. The Hall–Kier alpha value is -3.17. The summed E-state index contributed by atoms with van der Waals surface area (Å²) in [7, 11) is 0. The Kier molecular flexibility index (Phi) is 9.08. The van der Waals surface area contributed by atoms with Gasteiger partial charge in [-0.15, -0.1) is 11.3 Å². The van der Waals surface area contributed by atoms with Crippen molar-refractivity contribution in [3.8, 4) is 0 Å². The third kappa shape index (κ3) is 5.99. The number of aryl methyl sites for hydroxylation is 2. The van der Waals surface area contributed by atoms with E-state index in [-0.39, 0.29) is 29.4 Å². The molecule has 42 heavy (non-hydrogen) atoms. The average Bonchev–Trinajstić information content (AvgIpc) is 3.15. The van der Waals surface area contributed by atoms with Crippen molar-refractivity contribution in [2.24, 2.45) is 5.92 Å². The van der Waals surface area contributed by atoms with Crippen LogP contribution in [0.25, 0.3) is 11.0 Å². The molecular formula is C33H33F4N2OS2+. The third-order valence-corrected chi connectivity index (χ3v) is 10.5. The van der Waals surface area contributed by atoms with E-state index in [2.05, 4.69) is 6.92 Å². The molecule has 3 nitrogen and oxygen atoms in total. The number of alkyl halides is 3. The highest BCUT2D eigenvalue weighted by Gasteiger charge is 2.34.